The number of alkyl halides is 3. The average Bonchev–Trinajstić information content (AvgIpc) is 1.21. The third kappa shape index (κ3) is 23.5. The van der Waals surface area contributed by atoms with Crippen molar-refractivity contribution in [2.24, 2.45) is 42.2 Å². The Hall–Kier alpha value is -8.93. The summed E-state index contributed by atoms with van der Waals surface area (Å²) in [5.41, 5.74) is 11.5. The second-order valence-electron chi connectivity index (χ2n) is 26.6. The molecule has 0 saturated heterocycles. The highest BCUT2D eigenvalue weighted by Crippen LogP contribution is 2.38. The normalized spacial score (nSPS) is 16.8. The lowest BCUT2D eigenvalue weighted by Gasteiger charge is -2.30. The SMILES string of the molecule is CC(C)C[C@H](NC(=O)C[C@H](O)[C@H](CC(C)C)NC(=O)[C@H](Cc1cncn1C)NC(=O)CNC(=O)[C@@H](NC(=O)[C@H](C)NC(=O)[C@H](Cc1c[n-]c2ccccc12)NC(=O)[C@H](CCC(N)=O)NC(=O)C1CCC(NC(=O)c2ccc([N+](C)(C)C)c(C(F)(F)F)c2)CC1)C(C)C)C(N)=O. The van der Waals surface area contributed by atoms with Gasteiger partial charge in [-0.1, -0.05) is 71.4 Å². The number of aryl methyl sites for hydroxylation is 1. The van der Waals surface area contributed by atoms with E-state index in [9.17, 15) is 71.0 Å². The Morgan fingerprint density at radius 3 is 1.93 bits per heavy atom. The number of nitrogens with one attached hydrogen (secondary N) is 9. The van der Waals surface area contributed by atoms with Gasteiger partial charge in [0.15, 0.2) is 0 Å². The monoisotopic (exact) mass is 1330 g/mol. The zero-order chi connectivity index (χ0) is 70.8. The number of imidazole rings is 1. The smallest absolute Gasteiger partial charge is 0.422 e. The maximum atomic E-state index is 14.4. The summed E-state index contributed by atoms with van der Waals surface area (Å²) < 4.78 is 43.8. The number of aliphatic hydroxyl groups excluding tert-OH is 1. The van der Waals surface area contributed by atoms with Gasteiger partial charge in [-0.2, -0.15) is 19.4 Å². The van der Waals surface area contributed by atoms with Crippen LogP contribution in [0.1, 0.15) is 133 Å². The zero-order valence-electron chi connectivity index (χ0n) is 55.8. The van der Waals surface area contributed by atoms with E-state index in [0.29, 0.717) is 22.2 Å². The summed E-state index contributed by atoms with van der Waals surface area (Å²) in [4.78, 5) is 157. The summed E-state index contributed by atoms with van der Waals surface area (Å²) in [6.45, 7) is 11.3. The fourth-order valence-electron chi connectivity index (χ4n) is 11.2. The van der Waals surface area contributed by atoms with Crippen LogP contribution in [0.5, 0.6) is 0 Å². The third-order valence-electron chi connectivity index (χ3n) is 16.4. The van der Waals surface area contributed by atoms with Crippen molar-refractivity contribution in [1.29, 1.82) is 0 Å². The van der Waals surface area contributed by atoms with Crippen LogP contribution in [0.2, 0.25) is 0 Å². The number of para-hydroxylation sites is 1. The molecular formula is C65H94F3N15O12. The van der Waals surface area contributed by atoms with E-state index in [-0.39, 0.29) is 91.8 Å². The average molecular weight is 1330 g/mol. The van der Waals surface area contributed by atoms with Crippen LogP contribution < -0.4 is 68.8 Å². The molecule has 11 amide bonds. The Labute approximate surface area is 550 Å². The predicted molar refractivity (Wildman–Crippen MR) is 346 cm³/mol. The van der Waals surface area contributed by atoms with Gasteiger partial charge in [-0.3, -0.25) is 57.2 Å². The highest BCUT2D eigenvalue weighted by molar-refractivity contribution is 5.98. The zero-order valence-corrected chi connectivity index (χ0v) is 55.8. The van der Waals surface area contributed by atoms with Crippen LogP contribution in [0.3, 0.4) is 0 Å². The lowest BCUT2D eigenvalue weighted by atomic mass is 9.85. The minimum absolute atomic E-state index is 0.0165. The van der Waals surface area contributed by atoms with Gasteiger partial charge in [-0.15, -0.1) is 5.52 Å². The molecule has 0 radical (unpaired) electrons. The first-order valence-corrected chi connectivity index (χ1v) is 31.8. The highest BCUT2D eigenvalue weighted by atomic mass is 19.4. The number of aromatic nitrogens is 3. The van der Waals surface area contributed by atoms with E-state index in [1.54, 1.807) is 70.9 Å². The van der Waals surface area contributed by atoms with Crippen LogP contribution >= 0.6 is 0 Å². The van der Waals surface area contributed by atoms with Crippen LogP contribution in [-0.2, 0) is 74.0 Å². The molecule has 95 heavy (non-hydrogen) atoms. The molecule has 27 nitrogen and oxygen atoms in total. The molecule has 0 aliphatic heterocycles. The van der Waals surface area contributed by atoms with Crippen molar-refractivity contribution in [3.05, 3.63) is 83.6 Å². The number of carbonyl (C=O) groups is 11. The number of hydrogen-bond acceptors (Lipinski definition) is 13. The van der Waals surface area contributed by atoms with Gasteiger partial charge in [0.25, 0.3) is 5.91 Å². The Bertz CT molecular complexity index is 3370. The number of fused-ring (bicyclic) bond motifs is 1. The van der Waals surface area contributed by atoms with Gasteiger partial charge in [-0.25, -0.2) is 4.98 Å². The molecule has 0 spiro atoms. The van der Waals surface area contributed by atoms with E-state index >= 15 is 0 Å². The van der Waals surface area contributed by atoms with Gasteiger partial charge >= 0.3 is 6.18 Å². The molecule has 14 N–H and O–H groups in total. The summed E-state index contributed by atoms with van der Waals surface area (Å²) >= 11 is 0. The fraction of sp³-hybridized carbons (Fsp3) is 0.569. The van der Waals surface area contributed by atoms with E-state index in [1.165, 1.54) is 37.8 Å². The van der Waals surface area contributed by atoms with Crippen LogP contribution in [0.4, 0.5) is 18.9 Å². The molecule has 8 atom stereocenters. The summed E-state index contributed by atoms with van der Waals surface area (Å²) in [7, 11) is 6.41. The van der Waals surface area contributed by atoms with Crippen molar-refractivity contribution in [2.75, 3.05) is 27.7 Å². The first-order valence-electron chi connectivity index (χ1n) is 31.8. The van der Waals surface area contributed by atoms with Crippen molar-refractivity contribution in [3.8, 4) is 0 Å². The minimum atomic E-state index is -4.72. The number of primary amides is 2. The van der Waals surface area contributed by atoms with Crippen LogP contribution in [0.25, 0.3) is 10.9 Å². The van der Waals surface area contributed by atoms with E-state index in [1.807, 2.05) is 27.7 Å². The molecule has 1 aliphatic carbocycles. The lowest BCUT2D eigenvalue weighted by Crippen LogP contribution is -2.59. The van der Waals surface area contributed by atoms with Crippen molar-refractivity contribution in [1.82, 2.24) is 66.9 Å². The van der Waals surface area contributed by atoms with E-state index in [2.05, 4.69) is 57.8 Å². The molecule has 2 heterocycles. The molecule has 522 valence electrons. The second kappa shape index (κ2) is 34.5. The van der Waals surface area contributed by atoms with Crippen molar-refractivity contribution < 1.29 is 71.0 Å². The van der Waals surface area contributed by atoms with Gasteiger partial charge in [0.2, 0.25) is 59.1 Å². The maximum Gasteiger partial charge on any atom is 0.422 e. The molecule has 5 rings (SSSR count). The summed E-state index contributed by atoms with van der Waals surface area (Å²) in [5, 5.41) is 35.8. The standard InChI is InChI=1S/C65H94F3N15O12/c1-34(2)24-47(52(84)29-54(86)76-48(57(70)88)25-35(3)4)79-63(94)50(28-42-31-71-33-82(42)8)77-55(87)32-73-64(95)56(36(5)6)81-58(89)37(7)74-62(93)49(27-40-30-72-45-15-13-12-14-43(40)45)80-61(92)46(21-23-53(69)85)78-59(90)38-16-19-41(20-17-38)75-60(91)39-18-22-51(83(9,10)11)44(26-39)65(66,67)68/h12-15,18,22,26,30-31,33-38,41,46-50,52,56,84H,16-17,19-21,23-25,27-29,32H2,1-11H3,(H2,69,85)(H2,70,88)(H,73,95)(H,74,93)(H,75,91)(H,76,86)(H,77,87)(H,78,90)(H,79,94)(H,80,92)(H,81,89)/t37-,38?,41?,46-,47-,48-,49-,50-,52-,56-/m0/s1. The number of aliphatic hydroxyl groups is 1. The van der Waals surface area contributed by atoms with Crippen molar-refractivity contribution >= 4 is 81.6 Å². The Kier molecular flexibility index (Phi) is 27.9. The summed E-state index contributed by atoms with van der Waals surface area (Å²) in [5.74, 6) is -9.85. The number of nitrogens with two attached hydrogens (primary N) is 2. The first kappa shape index (κ1) is 76.8. The first-order chi connectivity index (χ1) is 44.4. The maximum absolute atomic E-state index is 14.4. The van der Waals surface area contributed by atoms with Gasteiger partial charge in [0.1, 0.15) is 47.5 Å². The second-order valence-corrected chi connectivity index (χ2v) is 26.6. The number of rotatable bonds is 34. The molecule has 2 aromatic carbocycles. The van der Waals surface area contributed by atoms with Gasteiger partial charge in [0, 0.05) is 61.8 Å². The Balaban J connectivity index is 1.24. The number of amides is 11. The largest absolute Gasteiger partial charge is 0.663 e. The summed E-state index contributed by atoms with van der Waals surface area (Å²) in [6.07, 6.45) is -1.65. The molecule has 1 saturated carbocycles. The van der Waals surface area contributed by atoms with Crippen molar-refractivity contribution in [3.63, 3.8) is 0 Å². The molecule has 30 heteroatoms. The highest BCUT2D eigenvalue weighted by Gasteiger charge is 2.40. The number of quaternary nitrogens is 1. The number of hydrogen-bond donors (Lipinski definition) is 12. The van der Waals surface area contributed by atoms with Crippen LogP contribution in [0, 0.1) is 23.7 Å². The predicted octanol–water partition coefficient (Wildman–Crippen LogP) is 1.30. The molecule has 4 aromatic rings. The number of carbonyl (C=O) groups excluding carboxylic acids is 11. The van der Waals surface area contributed by atoms with E-state index in [4.69, 9.17) is 11.5 Å². The minimum Gasteiger partial charge on any atom is -0.663 e. The van der Waals surface area contributed by atoms with Gasteiger partial charge in [-0.05, 0) is 87.1 Å². The summed E-state index contributed by atoms with van der Waals surface area (Å²) in [6, 6.07) is 1.11. The quantitative estimate of drug-likeness (QED) is 0.0294. The lowest BCUT2D eigenvalue weighted by molar-refractivity contribution is -0.138. The van der Waals surface area contributed by atoms with E-state index in [0.717, 1.165) is 6.07 Å². The van der Waals surface area contributed by atoms with Crippen LogP contribution in [-0.4, -0.2) is 162 Å². The van der Waals surface area contributed by atoms with Gasteiger partial charge in [0.05, 0.1) is 52.6 Å². The molecule has 0 bridgehead atoms. The molecule has 2 aromatic heterocycles. The number of benzene rings is 2. The molecule has 1 aliphatic rings. The Morgan fingerprint density at radius 2 is 1.34 bits per heavy atom. The molecule has 1 fully saturated rings. The number of nitrogens with zero attached hydrogens (tertiary/aromatic N) is 4. The molecular weight excluding hydrogens is 1240 g/mol. The Morgan fingerprint density at radius 1 is 0.716 bits per heavy atom. The fourth-order valence-corrected chi connectivity index (χ4v) is 11.2. The van der Waals surface area contributed by atoms with Crippen molar-refractivity contribution in [2.45, 2.75) is 180 Å². The van der Waals surface area contributed by atoms with Gasteiger partial charge < -0.3 is 74.0 Å². The van der Waals surface area contributed by atoms with E-state index < -0.39 is 156 Å². The topological polar surface area (TPSA) is 400 Å². The molecule has 0 unspecified atom stereocenters. The van der Waals surface area contributed by atoms with Crippen LogP contribution in [0.15, 0.2) is 61.2 Å². The third-order valence-corrected chi connectivity index (χ3v) is 16.4. The number of halogens is 3.